The third-order valence-corrected chi connectivity index (χ3v) is 4.31. The quantitative estimate of drug-likeness (QED) is 0.923. The number of imidazole rings is 1. The van der Waals surface area contributed by atoms with Crippen molar-refractivity contribution in [1.29, 1.82) is 0 Å². The number of nitrogens with zero attached hydrogens (tertiary/aromatic N) is 4. The number of nitrogens with two attached hydrogens (primary N) is 1. The van der Waals surface area contributed by atoms with Gasteiger partial charge in [0.15, 0.2) is 0 Å². The number of rotatable bonds is 4. The zero-order valence-corrected chi connectivity index (χ0v) is 12.1. The van der Waals surface area contributed by atoms with Gasteiger partial charge in [-0.2, -0.15) is 0 Å². The third-order valence-electron chi connectivity index (χ3n) is 4.31. The van der Waals surface area contributed by atoms with Gasteiger partial charge in [-0.05, 0) is 38.3 Å². The van der Waals surface area contributed by atoms with E-state index < -0.39 is 0 Å². The molecule has 2 heterocycles. The Morgan fingerprint density at radius 2 is 2.15 bits per heavy atom. The summed E-state index contributed by atoms with van der Waals surface area (Å²) in [7, 11) is 0. The highest BCUT2D eigenvalue weighted by atomic mass is 15.2. The summed E-state index contributed by atoms with van der Waals surface area (Å²) in [6, 6.07) is 2.99. The molecule has 0 bridgehead atoms. The van der Waals surface area contributed by atoms with E-state index >= 15 is 0 Å². The van der Waals surface area contributed by atoms with Gasteiger partial charge >= 0.3 is 0 Å². The maximum Gasteiger partial charge on any atom is 0.233 e. The van der Waals surface area contributed by atoms with E-state index in [4.69, 9.17) is 5.73 Å². The Labute approximate surface area is 119 Å². The van der Waals surface area contributed by atoms with Gasteiger partial charge in [0.05, 0.1) is 5.69 Å². The molecule has 1 aliphatic carbocycles. The summed E-state index contributed by atoms with van der Waals surface area (Å²) in [5.41, 5.74) is 7.10. The summed E-state index contributed by atoms with van der Waals surface area (Å²) in [4.78, 5) is 11.4. The molecule has 0 aromatic carbocycles. The first-order valence-corrected chi connectivity index (χ1v) is 7.54. The Morgan fingerprint density at radius 1 is 1.35 bits per heavy atom. The molecule has 108 valence electrons. The second-order valence-corrected chi connectivity index (χ2v) is 5.69. The molecule has 0 unspecified atom stereocenters. The molecular weight excluding hydrogens is 250 g/mol. The van der Waals surface area contributed by atoms with Crippen LogP contribution >= 0.6 is 0 Å². The van der Waals surface area contributed by atoms with Crippen molar-refractivity contribution in [3.8, 4) is 0 Å². The van der Waals surface area contributed by atoms with Crippen molar-refractivity contribution in [2.24, 2.45) is 5.73 Å². The number of aromatic nitrogens is 3. The van der Waals surface area contributed by atoms with Crippen LogP contribution in [-0.2, 0) is 6.54 Å². The molecule has 0 atom stereocenters. The highest BCUT2D eigenvalue weighted by Gasteiger charge is 2.23. The Bertz CT molecular complexity index is 523. The van der Waals surface area contributed by atoms with Gasteiger partial charge in [-0.1, -0.05) is 6.92 Å². The number of fused-ring (bicyclic) bond motifs is 1. The van der Waals surface area contributed by atoms with E-state index in [1.807, 2.05) is 16.7 Å². The lowest BCUT2D eigenvalue weighted by molar-refractivity contribution is 0.148. The molecule has 0 amide bonds. The molecule has 1 saturated carbocycles. The van der Waals surface area contributed by atoms with E-state index in [9.17, 15) is 0 Å². The maximum atomic E-state index is 6.00. The average Bonchev–Trinajstić information content (AvgIpc) is 2.88. The van der Waals surface area contributed by atoms with E-state index in [2.05, 4.69) is 28.0 Å². The molecule has 2 aromatic heterocycles. The van der Waals surface area contributed by atoms with Crippen LogP contribution in [0.15, 0.2) is 24.7 Å². The molecule has 5 nitrogen and oxygen atoms in total. The molecule has 2 N–H and O–H groups in total. The van der Waals surface area contributed by atoms with E-state index in [1.165, 1.54) is 12.8 Å². The number of hydrogen-bond donors (Lipinski definition) is 1. The fourth-order valence-corrected chi connectivity index (χ4v) is 3.13. The predicted molar refractivity (Wildman–Crippen MR) is 79.3 cm³/mol. The van der Waals surface area contributed by atoms with Crippen LogP contribution in [-0.4, -0.2) is 37.9 Å². The summed E-state index contributed by atoms with van der Waals surface area (Å²) in [6.07, 6.45) is 10.6. The second-order valence-electron chi connectivity index (χ2n) is 5.69. The Morgan fingerprint density at radius 3 is 2.85 bits per heavy atom. The zero-order chi connectivity index (χ0) is 13.9. The second kappa shape index (κ2) is 5.89. The van der Waals surface area contributed by atoms with E-state index in [0.29, 0.717) is 12.1 Å². The minimum atomic E-state index is 0.407. The number of hydrogen-bond acceptors (Lipinski definition) is 4. The van der Waals surface area contributed by atoms with Crippen molar-refractivity contribution in [3.63, 3.8) is 0 Å². The van der Waals surface area contributed by atoms with Crippen molar-refractivity contribution in [2.75, 3.05) is 6.54 Å². The lowest BCUT2D eigenvalue weighted by atomic mass is 9.90. The summed E-state index contributed by atoms with van der Waals surface area (Å²) in [5, 5.41) is 0. The standard InChI is InChI=1S/C15H23N5/c1-2-19(14-6-4-12(16)5-7-14)10-13-11-20-9-3-8-17-15(20)18-13/h3,8-9,11-12,14H,2,4-7,10,16H2,1H3. The first-order chi connectivity index (χ1) is 9.76. The van der Waals surface area contributed by atoms with Crippen LogP contribution in [0.5, 0.6) is 0 Å². The first-order valence-electron chi connectivity index (χ1n) is 7.54. The fourth-order valence-electron chi connectivity index (χ4n) is 3.13. The molecule has 0 radical (unpaired) electrons. The van der Waals surface area contributed by atoms with Crippen LogP contribution in [0.2, 0.25) is 0 Å². The first kappa shape index (κ1) is 13.5. The molecule has 20 heavy (non-hydrogen) atoms. The minimum absolute atomic E-state index is 0.407. The monoisotopic (exact) mass is 273 g/mol. The van der Waals surface area contributed by atoms with E-state index in [1.54, 1.807) is 6.20 Å². The van der Waals surface area contributed by atoms with Crippen molar-refractivity contribution >= 4 is 5.78 Å². The smallest absolute Gasteiger partial charge is 0.233 e. The van der Waals surface area contributed by atoms with Crippen molar-refractivity contribution < 1.29 is 0 Å². The summed E-state index contributed by atoms with van der Waals surface area (Å²) in [6.45, 7) is 4.18. The maximum absolute atomic E-state index is 6.00. The van der Waals surface area contributed by atoms with Crippen LogP contribution in [0.3, 0.4) is 0 Å². The van der Waals surface area contributed by atoms with Crippen molar-refractivity contribution in [1.82, 2.24) is 19.3 Å². The highest BCUT2D eigenvalue weighted by molar-refractivity contribution is 5.29. The molecule has 1 fully saturated rings. The molecule has 5 heteroatoms. The normalized spacial score (nSPS) is 23.6. The molecule has 3 rings (SSSR count). The topological polar surface area (TPSA) is 59.5 Å². The van der Waals surface area contributed by atoms with Crippen LogP contribution in [0, 0.1) is 0 Å². The molecular formula is C15H23N5. The third kappa shape index (κ3) is 2.83. The minimum Gasteiger partial charge on any atom is -0.328 e. The summed E-state index contributed by atoms with van der Waals surface area (Å²) >= 11 is 0. The Kier molecular flexibility index (Phi) is 3.98. The van der Waals surface area contributed by atoms with Gasteiger partial charge in [0.1, 0.15) is 0 Å². The van der Waals surface area contributed by atoms with Crippen LogP contribution in [0.4, 0.5) is 0 Å². The van der Waals surface area contributed by atoms with Gasteiger partial charge in [-0.3, -0.25) is 9.30 Å². The molecule has 2 aromatic rings. The average molecular weight is 273 g/mol. The van der Waals surface area contributed by atoms with Gasteiger partial charge in [-0.15, -0.1) is 0 Å². The van der Waals surface area contributed by atoms with Crippen molar-refractivity contribution in [2.45, 2.75) is 51.2 Å². The van der Waals surface area contributed by atoms with E-state index in [0.717, 1.165) is 37.4 Å². The van der Waals surface area contributed by atoms with Gasteiger partial charge in [0, 0.05) is 37.2 Å². The zero-order valence-electron chi connectivity index (χ0n) is 12.1. The summed E-state index contributed by atoms with van der Waals surface area (Å²) < 4.78 is 1.99. The van der Waals surface area contributed by atoms with Gasteiger partial charge in [0.25, 0.3) is 0 Å². The highest BCUT2D eigenvalue weighted by Crippen LogP contribution is 2.23. The molecule has 0 saturated heterocycles. The van der Waals surface area contributed by atoms with Crippen LogP contribution < -0.4 is 5.73 Å². The van der Waals surface area contributed by atoms with Crippen molar-refractivity contribution in [3.05, 3.63) is 30.4 Å². The van der Waals surface area contributed by atoms with Gasteiger partial charge in [-0.25, -0.2) is 9.97 Å². The largest absolute Gasteiger partial charge is 0.328 e. The van der Waals surface area contributed by atoms with Crippen LogP contribution in [0.1, 0.15) is 38.3 Å². The van der Waals surface area contributed by atoms with Gasteiger partial charge < -0.3 is 5.73 Å². The Balaban J connectivity index is 1.70. The summed E-state index contributed by atoms with van der Waals surface area (Å²) in [5.74, 6) is 0.782. The molecule has 0 spiro atoms. The lowest BCUT2D eigenvalue weighted by Gasteiger charge is -2.35. The predicted octanol–water partition coefficient (Wildman–Crippen LogP) is 1.82. The lowest BCUT2D eigenvalue weighted by Crippen LogP contribution is -2.40. The van der Waals surface area contributed by atoms with E-state index in [-0.39, 0.29) is 0 Å². The Hall–Kier alpha value is -1.46. The molecule has 1 aliphatic rings. The SMILES string of the molecule is CCN(Cc1cn2cccnc2n1)C1CCC(N)CC1. The van der Waals surface area contributed by atoms with Gasteiger partial charge in [0.2, 0.25) is 5.78 Å². The molecule has 0 aliphatic heterocycles. The van der Waals surface area contributed by atoms with Crippen LogP contribution in [0.25, 0.3) is 5.78 Å². The fraction of sp³-hybridized carbons (Fsp3) is 0.600.